The summed E-state index contributed by atoms with van der Waals surface area (Å²) < 4.78 is 28.9. The molecule has 0 aromatic heterocycles. The number of hydrogen-bond donors (Lipinski definition) is 1. The van der Waals surface area contributed by atoms with E-state index >= 15 is 0 Å². The number of nitrogens with one attached hydrogen (secondary N) is 1. The van der Waals surface area contributed by atoms with Gasteiger partial charge in [-0.15, -0.1) is 0 Å². The van der Waals surface area contributed by atoms with Crippen molar-refractivity contribution in [3.05, 3.63) is 53.8 Å². The Bertz CT molecular complexity index is 1490. The first kappa shape index (κ1) is 44.2. The van der Waals surface area contributed by atoms with Gasteiger partial charge in [-0.3, -0.25) is 19.4 Å². The molecule has 2 saturated heterocycles. The number of aryl methyl sites for hydroxylation is 1. The molecule has 0 aliphatic carbocycles. The van der Waals surface area contributed by atoms with E-state index in [1.165, 1.54) is 0 Å². The number of allylic oxidation sites excluding steroid dienone is 1. The van der Waals surface area contributed by atoms with Gasteiger partial charge in [0.15, 0.2) is 0 Å². The van der Waals surface area contributed by atoms with E-state index < -0.39 is 35.8 Å². The van der Waals surface area contributed by atoms with E-state index in [2.05, 4.69) is 16.9 Å². The largest absolute Gasteiger partial charge is 0.491 e. The maximum atomic E-state index is 13.6. The van der Waals surface area contributed by atoms with Crippen LogP contribution in [-0.4, -0.2) is 96.6 Å². The van der Waals surface area contributed by atoms with Gasteiger partial charge in [0.25, 0.3) is 0 Å². The SMILES string of the molecule is C=C(/C=N\C=C(/C)CCc1cccc(OCCF)c1)[C@H](CC(=O)OC(C)(C)C)NC(=O)[C@@H]1CCCN(C(=O)CCC2CCN(C(=O)OC(C)(C)C)CC2)C1. The minimum Gasteiger partial charge on any atom is -0.491 e. The van der Waals surface area contributed by atoms with Crippen LogP contribution in [0.25, 0.3) is 0 Å². The van der Waals surface area contributed by atoms with E-state index in [-0.39, 0.29) is 30.9 Å². The number of alkyl halides is 1. The molecular weight excluding hydrogens is 691 g/mol. The zero-order valence-corrected chi connectivity index (χ0v) is 33.6. The molecular formula is C42H63FN4O7. The third kappa shape index (κ3) is 16.4. The predicted octanol–water partition coefficient (Wildman–Crippen LogP) is 7.38. The monoisotopic (exact) mass is 754 g/mol. The lowest BCUT2D eigenvalue weighted by molar-refractivity contribution is -0.155. The molecule has 2 heterocycles. The van der Waals surface area contributed by atoms with Crippen molar-refractivity contribution >= 4 is 30.1 Å². The molecule has 0 bridgehead atoms. The van der Waals surface area contributed by atoms with Crippen molar-refractivity contribution in [1.29, 1.82) is 0 Å². The highest BCUT2D eigenvalue weighted by Crippen LogP contribution is 2.26. The molecule has 0 saturated carbocycles. The van der Waals surface area contributed by atoms with E-state index in [9.17, 15) is 23.6 Å². The Morgan fingerprint density at radius 3 is 2.37 bits per heavy atom. The Kier molecular flexibility index (Phi) is 17.2. The van der Waals surface area contributed by atoms with Crippen LogP contribution < -0.4 is 10.1 Å². The number of piperidine rings is 2. The summed E-state index contributed by atoms with van der Waals surface area (Å²) in [6, 6.07) is 6.84. The average molecular weight is 755 g/mol. The molecule has 0 radical (unpaired) electrons. The standard InChI is InChI=1S/C42H63FN4O7/c1-30(14-15-33-11-9-13-35(25-33)52-24-20-43)27-44-28-31(2)36(26-38(49)53-41(3,4)5)45-39(50)34-12-10-21-47(29-34)37(48)17-16-32-18-22-46(23-19-32)40(51)54-42(6,7)8/h9,11,13,25,27-28,32,34,36H,2,10,12,14-24,26,29H2,1,3-8H3,(H,45,50)/b30-27+,44-28-/t34-,36+/m1/s1. The van der Waals surface area contributed by atoms with E-state index in [1.54, 1.807) is 49.1 Å². The molecule has 11 nitrogen and oxygen atoms in total. The topological polar surface area (TPSA) is 127 Å². The molecule has 2 aliphatic heterocycles. The quantitative estimate of drug-likeness (QED) is 0.138. The molecule has 0 spiro atoms. The molecule has 54 heavy (non-hydrogen) atoms. The van der Waals surface area contributed by atoms with Gasteiger partial charge in [0.2, 0.25) is 11.8 Å². The lowest BCUT2D eigenvalue weighted by Crippen LogP contribution is -2.48. The number of rotatable bonds is 16. The molecule has 12 heteroatoms. The maximum Gasteiger partial charge on any atom is 0.410 e. The fourth-order valence-electron chi connectivity index (χ4n) is 6.45. The molecule has 1 aromatic carbocycles. The first-order valence-corrected chi connectivity index (χ1v) is 19.4. The van der Waals surface area contributed by atoms with Crippen molar-refractivity contribution in [3.8, 4) is 5.75 Å². The summed E-state index contributed by atoms with van der Waals surface area (Å²) in [7, 11) is 0. The second-order valence-electron chi connectivity index (χ2n) is 16.5. The van der Waals surface area contributed by atoms with Gasteiger partial charge in [-0.2, -0.15) is 0 Å². The molecule has 300 valence electrons. The van der Waals surface area contributed by atoms with Gasteiger partial charge in [0.1, 0.15) is 30.2 Å². The molecule has 1 aromatic rings. The highest BCUT2D eigenvalue weighted by atomic mass is 19.1. The lowest BCUT2D eigenvalue weighted by Gasteiger charge is -2.35. The van der Waals surface area contributed by atoms with Crippen LogP contribution in [0.15, 0.2) is 53.2 Å². The Morgan fingerprint density at radius 2 is 1.70 bits per heavy atom. The normalized spacial score (nSPS) is 17.9. The number of nitrogens with zero attached hydrogens (tertiary/aromatic N) is 3. The van der Waals surface area contributed by atoms with Crippen molar-refractivity contribution in [2.24, 2.45) is 16.8 Å². The number of halogens is 1. The van der Waals surface area contributed by atoms with Crippen LogP contribution in [0.3, 0.4) is 0 Å². The van der Waals surface area contributed by atoms with Crippen LogP contribution >= 0.6 is 0 Å². The Balaban J connectivity index is 1.54. The number of hydrogen-bond acceptors (Lipinski definition) is 8. The van der Waals surface area contributed by atoms with Crippen molar-refractivity contribution in [3.63, 3.8) is 0 Å². The van der Waals surface area contributed by atoms with Gasteiger partial charge in [-0.25, -0.2) is 9.18 Å². The van der Waals surface area contributed by atoms with Crippen LogP contribution in [0.2, 0.25) is 0 Å². The summed E-state index contributed by atoms with van der Waals surface area (Å²) in [4.78, 5) is 60.2. The van der Waals surface area contributed by atoms with E-state index in [0.717, 1.165) is 43.2 Å². The maximum absolute atomic E-state index is 13.6. The number of benzene rings is 1. The first-order valence-electron chi connectivity index (χ1n) is 19.4. The Morgan fingerprint density at radius 1 is 1.00 bits per heavy atom. The summed E-state index contributed by atoms with van der Waals surface area (Å²) in [6.45, 7) is 18.7. The van der Waals surface area contributed by atoms with Crippen molar-refractivity contribution in [2.75, 3.05) is 39.5 Å². The second-order valence-corrected chi connectivity index (χ2v) is 16.5. The fourth-order valence-corrected chi connectivity index (χ4v) is 6.45. The van der Waals surface area contributed by atoms with Crippen molar-refractivity contribution in [1.82, 2.24) is 15.1 Å². The summed E-state index contributed by atoms with van der Waals surface area (Å²) in [5, 5.41) is 3.01. The van der Waals surface area contributed by atoms with Gasteiger partial charge in [-0.1, -0.05) is 24.3 Å². The highest BCUT2D eigenvalue weighted by Gasteiger charge is 2.32. The molecule has 0 unspecified atom stereocenters. The zero-order chi connectivity index (χ0) is 39.9. The first-order chi connectivity index (χ1) is 25.4. The smallest absolute Gasteiger partial charge is 0.410 e. The molecule has 3 amide bonds. The van der Waals surface area contributed by atoms with Crippen LogP contribution in [0.5, 0.6) is 5.75 Å². The molecule has 2 aliphatic rings. The van der Waals surface area contributed by atoms with Crippen molar-refractivity contribution in [2.45, 2.75) is 123 Å². The Labute approximate surface area is 321 Å². The molecule has 2 atom stereocenters. The van der Waals surface area contributed by atoms with Gasteiger partial charge in [-0.05, 0) is 123 Å². The predicted molar refractivity (Wildman–Crippen MR) is 209 cm³/mol. The third-order valence-electron chi connectivity index (χ3n) is 9.32. The van der Waals surface area contributed by atoms with E-state index in [0.29, 0.717) is 62.7 Å². The number of ether oxygens (including phenoxy) is 3. The minimum absolute atomic E-state index is 0.0244. The number of esters is 1. The van der Waals surface area contributed by atoms with Gasteiger partial charge >= 0.3 is 12.1 Å². The summed E-state index contributed by atoms with van der Waals surface area (Å²) in [5.74, 6) is -0.115. The van der Waals surface area contributed by atoms with Crippen molar-refractivity contribution < 1.29 is 37.8 Å². The molecule has 1 N–H and O–H groups in total. The van der Waals surface area contributed by atoms with Crippen LogP contribution in [0.1, 0.15) is 105 Å². The van der Waals surface area contributed by atoms with Gasteiger partial charge in [0, 0.05) is 45.0 Å². The highest BCUT2D eigenvalue weighted by molar-refractivity contribution is 5.87. The number of carbonyl (C=O) groups is 4. The van der Waals surface area contributed by atoms with Crippen LogP contribution in [0.4, 0.5) is 9.18 Å². The zero-order valence-electron chi connectivity index (χ0n) is 33.6. The average Bonchev–Trinajstić information content (AvgIpc) is 3.10. The van der Waals surface area contributed by atoms with Gasteiger partial charge in [0.05, 0.1) is 18.4 Å². The minimum atomic E-state index is -0.741. The molecule has 2 fully saturated rings. The number of aliphatic imine (C=N–C) groups is 1. The van der Waals surface area contributed by atoms with Gasteiger partial charge < -0.3 is 29.3 Å². The van der Waals surface area contributed by atoms with Crippen LogP contribution in [0, 0.1) is 11.8 Å². The van der Waals surface area contributed by atoms with Crippen LogP contribution in [-0.2, 0) is 30.3 Å². The summed E-state index contributed by atoms with van der Waals surface area (Å²) >= 11 is 0. The number of carbonyl (C=O) groups excluding carboxylic acids is 4. The third-order valence-corrected chi connectivity index (χ3v) is 9.32. The number of likely N-dealkylation sites (tertiary alicyclic amines) is 2. The Hall–Kier alpha value is -4.22. The second kappa shape index (κ2) is 21.0. The number of amides is 3. The summed E-state index contributed by atoms with van der Waals surface area (Å²) in [5.41, 5.74) is 1.30. The fraction of sp³-hybridized carbons (Fsp3) is 0.643. The summed E-state index contributed by atoms with van der Waals surface area (Å²) in [6.07, 6.45) is 8.49. The molecule has 3 rings (SSSR count). The van der Waals surface area contributed by atoms with E-state index in [4.69, 9.17) is 14.2 Å². The lowest BCUT2D eigenvalue weighted by atomic mass is 9.91. The van der Waals surface area contributed by atoms with E-state index in [1.807, 2.05) is 45.9 Å².